The highest BCUT2D eigenvalue weighted by Gasteiger charge is 2.23. The molecule has 4 nitrogen and oxygen atoms in total. The molecule has 1 N–H and O–H groups in total. The van der Waals surface area contributed by atoms with Gasteiger partial charge in [-0.25, -0.2) is 13.1 Å². The van der Waals surface area contributed by atoms with Crippen molar-refractivity contribution < 1.29 is 8.42 Å². The molecule has 0 spiro atoms. The van der Waals surface area contributed by atoms with Crippen LogP contribution in [-0.4, -0.2) is 20.2 Å². The van der Waals surface area contributed by atoms with Crippen LogP contribution in [0.1, 0.15) is 52.4 Å². The fourth-order valence-electron chi connectivity index (χ4n) is 1.39. The molecule has 0 aliphatic rings. The van der Waals surface area contributed by atoms with Crippen molar-refractivity contribution in [3.63, 3.8) is 0 Å². The van der Waals surface area contributed by atoms with Crippen LogP contribution < -0.4 is 4.72 Å². The summed E-state index contributed by atoms with van der Waals surface area (Å²) in [5.41, 5.74) is 0. The molecular weight excluding hydrogens is 224 g/mol. The van der Waals surface area contributed by atoms with Crippen LogP contribution in [0.3, 0.4) is 0 Å². The van der Waals surface area contributed by atoms with E-state index in [9.17, 15) is 8.42 Å². The van der Waals surface area contributed by atoms with Crippen molar-refractivity contribution >= 4 is 10.0 Å². The molecule has 0 aliphatic heterocycles. The second-order valence-corrected chi connectivity index (χ2v) is 5.85. The first-order chi connectivity index (χ1) is 7.58. The van der Waals surface area contributed by atoms with E-state index in [0.29, 0.717) is 13.0 Å². The summed E-state index contributed by atoms with van der Waals surface area (Å²) in [5, 5.41) is 7.96. The third-order valence-corrected chi connectivity index (χ3v) is 4.09. The SMILES string of the molecule is CCCCCCC(C#N)S(=O)(=O)NCCC. The van der Waals surface area contributed by atoms with Gasteiger partial charge < -0.3 is 0 Å². The highest BCUT2D eigenvalue weighted by molar-refractivity contribution is 7.90. The van der Waals surface area contributed by atoms with Gasteiger partial charge in [-0.2, -0.15) is 5.26 Å². The summed E-state index contributed by atoms with van der Waals surface area (Å²) in [6.45, 7) is 4.40. The fourth-order valence-corrected chi connectivity index (χ4v) is 2.70. The van der Waals surface area contributed by atoms with Crippen molar-refractivity contribution in [1.29, 1.82) is 5.26 Å². The van der Waals surface area contributed by atoms with Gasteiger partial charge in [0.25, 0.3) is 0 Å². The predicted octanol–water partition coefficient (Wildman–Crippen LogP) is 2.18. The smallest absolute Gasteiger partial charge is 0.214 e. The number of sulfonamides is 1. The van der Waals surface area contributed by atoms with Crippen LogP contribution >= 0.6 is 0 Å². The van der Waals surface area contributed by atoms with Gasteiger partial charge in [0.05, 0.1) is 6.07 Å². The van der Waals surface area contributed by atoms with Crippen LogP contribution in [0.5, 0.6) is 0 Å². The van der Waals surface area contributed by atoms with E-state index < -0.39 is 15.3 Å². The van der Waals surface area contributed by atoms with E-state index in [1.165, 1.54) is 0 Å². The Hall–Kier alpha value is -0.600. The van der Waals surface area contributed by atoms with E-state index in [1.54, 1.807) is 0 Å². The Morgan fingerprint density at radius 1 is 1.19 bits per heavy atom. The van der Waals surface area contributed by atoms with Crippen molar-refractivity contribution in [3.8, 4) is 6.07 Å². The molecule has 0 aromatic carbocycles. The molecule has 0 rings (SSSR count). The van der Waals surface area contributed by atoms with Crippen LogP contribution in [0, 0.1) is 11.3 Å². The van der Waals surface area contributed by atoms with E-state index in [0.717, 1.165) is 32.1 Å². The summed E-state index contributed by atoms with van der Waals surface area (Å²) in [4.78, 5) is 0. The molecule has 0 heterocycles. The number of nitriles is 1. The minimum atomic E-state index is -3.43. The van der Waals surface area contributed by atoms with Gasteiger partial charge in [0, 0.05) is 6.54 Å². The molecule has 0 bridgehead atoms. The van der Waals surface area contributed by atoms with Gasteiger partial charge in [0.15, 0.2) is 5.25 Å². The molecule has 16 heavy (non-hydrogen) atoms. The number of rotatable bonds is 9. The van der Waals surface area contributed by atoms with E-state index in [2.05, 4.69) is 11.6 Å². The first-order valence-electron chi connectivity index (χ1n) is 5.96. The van der Waals surface area contributed by atoms with Gasteiger partial charge in [-0.15, -0.1) is 0 Å². The van der Waals surface area contributed by atoms with Crippen LogP contribution in [0.4, 0.5) is 0 Å². The Kier molecular flexibility index (Phi) is 8.22. The number of hydrogen-bond acceptors (Lipinski definition) is 3. The van der Waals surface area contributed by atoms with E-state index in [4.69, 9.17) is 5.26 Å². The molecule has 94 valence electrons. The maximum absolute atomic E-state index is 11.7. The summed E-state index contributed by atoms with van der Waals surface area (Å²) < 4.78 is 25.8. The van der Waals surface area contributed by atoms with Crippen LogP contribution in [0.25, 0.3) is 0 Å². The van der Waals surface area contributed by atoms with Gasteiger partial charge >= 0.3 is 0 Å². The molecule has 5 heteroatoms. The molecule has 0 saturated carbocycles. The van der Waals surface area contributed by atoms with Gasteiger partial charge in [-0.05, 0) is 12.8 Å². The topological polar surface area (TPSA) is 70.0 Å². The van der Waals surface area contributed by atoms with E-state index in [-0.39, 0.29) is 0 Å². The second kappa shape index (κ2) is 8.54. The third-order valence-electron chi connectivity index (χ3n) is 2.39. The third kappa shape index (κ3) is 6.09. The lowest BCUT2D eigenvalue weighted by atomic mass is 10.1. The summed E-state index contributed by atoms with van der Waals surface area (Å²) in [7, 11) is -3.43. The fraction of sp³-hybridized carbons (Fsp3) is 0.909. The average Bonchev–Trinajstić information content (AvgIpc) is 2.26. The summed E-state index contributed by atoms with van der Waals surface area (Å²) in [6.07, 6.45) is 5.19. The minimum Gasteiger partial charge on any atom is -0.214 e. The Balaban J connectivity index is 4.12. The lowest BCUT2D eigenvalue weighted by Crippen LogP contribution is -2.34. The molecule has 0 radical (unpaired) electrons. The normalized spacial score (nSPS) is 13.3. The van der Waals surface area contributed by atoms with Crippen molar-refractivity contribution in [2.45, 2.75) is 57.6 Å². The Bertz CT molecular complexity index is 306. The predicted molar refractivity (Wildman–Crippen MR) is 65.4 cm³/mol. The highest BCUT2D eigenvalue weighted by Crippen LogP contribution is 2.10. The maximum Gasteiger partial charge on any atom is 0.227 e. The Morgan fingerprint density at radius 2 is 1.88 bits per heavy atom. The van der Waals surface area contributed by atoms with E-state index in [1.807, 2.05) is 13.0 Å². The highest BCUT2D eigenvalue weighted by atomic mass is 32.2. The Morgan fingerprint density at radius 3 is 2.38 bits per heavy atom. The minimum absolute atomic E-state index is 0.412. The molecule has 1 unspecified atom stereocenters. The first-order valence-corrected chi connectivity index (χ1v) is 7.51. The molecular formula is C11H22N2O2S. The van der Waals surface area contributed by atoms with Gasteiger partial charge in [-0.3, -0.25) is 0 Å². The maximum atomic E-state index is 11.7. The number of unbranched alkanes of at least 4 members (excludes halogenated alkanes) is 3. The lowest BCUT2D eigenvalue weighted by Gasteiger charge is -2.11. The lowest BCUT2D eigenvalue weighted by molar-refractivity contribution is 0.560. The number of nitrogens with one attached hydrogen (secondary N) is 1. The van der Waals surface area contributed by atoms with Crippen molar-refractivity contribution in [1.82, 2.24) is 4.72 Å². The van der Waals surface area contributed by atoms with Crippen molar-refractivity contribution in [2.75, 3.05) is 6.54 Å². The first kappa shape index (κ1) is 15.4. The van der Waals surface area contributed by atoms with Crippen molar-refractivity contribution in [2.24, 2.45) is 0 Å². The molecule has 0 aromatic heterocycles. The zero-order valence-corrected chi connectivity index (χ0v) is 11.0. The second-order valence-electron chi connectivity index (χ2n) is 3.91. The zero-order chi connectivity index (χ0) is 12.4. The Labute approximate surface area is 99.1 Å². The van der Waals surface area contributed by atoms with Crippen molar-refractivity contribution in [3.05, 3.63) is 0 Å². The molecule has 0 amide bonds. The number of nitrogens with zero attached hydrogens (tertiary/aromatic N) is 1. The molecule has 0 saturated heterocycles. The van der Waals surface area contributed by atoms with Gasteiger partial charge in [-0.1, -0.05) is 39.5 Å². The molecule has 0 aromatic rings. The standard InChI is InChI=1S/C11H22N2O2S/c1-3-5-6-7-8-11(10-12)16(14,15)13-9-4-2/h11,13H,3-9H2,1-2H3. The largest absolute Gasteiger partial charge is 0.227 e. The average molecular weight is 246 g/mol. The van der Waals surface area contributed by atoms with E-state index >= 15 is 0 Å². The summed E-state index contributed by atoms with van der Waals surface area (Å²) in [6, 6.07) is 1.88. The van der Waals surface area contributed by atoms with Crippen LogP contribution in [-0.2, 0) is 10.0 Å². The van der Waals surface area contributed by atoms with Crippen LogP contribution in [0.15, 0.2) is 0 Å². The number of hydrogen-bond donors (Lipinski definition) is 1. The van der Waals surface area contributed by atoms with Gasteiger partial charge in [0.1, 0.15) is 0 Å². The van der Waals surface area contributed by atoms with Gasteiger partial charge in [0.2, 0.25) is 10.0 Å². The molecule has 1 atom stereocenters. The zero-order valence-electron chi connectivity index (χ0n) is 10.2. The van der Waals surface area contributed by atoms with Crippen LogP contribution in [0.2, 0.25) is 0 Å². The molecule has 0 aliphatic carbocycles. The summed E-state index contributed by atoms with van der Waals surface area (Å²) in [5.74, 6) is 0. The quantitative estimate of drug-likeness (QED) is 0.634. The molecule has 0 fully saturated rings. The summed E-state index contributed by atoms with van der Waals surface area (Å²) >= 11 is 0. The monoisotopic (exact) mass is 246 g/mol.